The fourth-order valence-corrected chi connectivity index (χ4v) is 3.45. The smallest absolute Gasteiger partial charge is 0.294 e. The summed E-state index contributed by atoms with van der Waals surface area (Å²) < 4.78 is 10.7. The lowest BCUT2D eigenvalue weighted by Gasteiger charge is -2.12. The molecule has 0 atom stereocenters. The maximum absolute atomic E-state index is 12.4. The number of ether oxygens (including phenoxy) is 2. The van der Waals surface area contributed by atoms with Gasteiger partial charge in [0.25, 0.3) is 11.1 Å². The van der Waals surface area contributed by atoms with Crippen LogP contribution in [0.4, 0.5) is 4.79 Å². The van der Waals surface area contributed by atoms with E-state index in [1.807, 2.05) is 0 Å². The molecule has 0 aliphatic carbocycles. The van der Waals surface area contributed by atoms with Crippen LogP contribution in [0.2, 0.25) is 0 Å². The van der Waals surface area contributed by atoms with Crippen LogP contribution in [0.1, 0.15) is 5.56 Å². The minimum Gasteiger partial charge on any atom is -0.496 e. The van der Waals surface area contributed by atoms with Gasteiger partial charge in [0.1, 0.15) is 12.3 Å². The van der Waals surface area contributed by atoms with Gasteiger partial charge in [-0.2, -0.15) is 0 Å². The topological polar surface area (TPSA) is 84.9 Å². The summed E-state index contributed by atoms with van der Waals surface area (Å²) in [7, 11) is 3.08. The van der Waals surface area contributed by atoms with Crippen molar-refractivity contribution in [2.24, 2.45) is 0 Å². The zero-order chi connectivity index (χ0) is 18.4. The zero-order valence-electron chi connectivity index (χ0n) is 13.7. The third kappa shape index (κ3) is 5.07. The molecule has 1 aliphatic rings. The molecule has 9 heteroatoms. The predicted octanol–water partition coefficient (Wildman–Crippen LogP) is 2.26. The number of halogens is 1. The molecule has 1 aromatic rings. The SMILES string of the molecule is COCCNC(=O)CN1C(=O)S/C(=C\c2ccc(OC)c(Br)c2)C1=O. The second-order valence-electron chi connectivity index (χ2n) is 5.00. The molecule has 7 nitrogen and oxygen atoms in total. The molecule has 2 rings (SSSR count). The van der Waals surface area contributed by atoms with Gasteiger partial charge in [-0.3, -0.25) is 19.3 Å². The molecule has 0 unspecified atom stereocenters. The van der Waals surface area contributed by atoms with Crippen LogP contribution in [0.15, 0.2) is 27.6 Å². The van der Waals surface area contributed by atoms with Crippen LogP contribution >= 0.6 is 27.7 Å². The van der Waals surface area contributed by atoms with Gasteiger partial charge in [-0.1, -0.05) is 6.07 Å². The van der Waals surface area contributed by atoms with Gasteiger partial charge in [-0.25, -0.2) is 0 Å². The van der Waals surface area contributed by atoms with E-state index >= 15 is 0 Å². The maximum Gasteiger partial charge on any atom is 0.294 e. The number of nitrogens with zero attached hydrogens (tertiary/aromatic N) is 1. The fraction of sp³-hybridized carbons (Fsp3) is 0.312. The number of amides is 3. The Bertz CT molecular complexity index is 722. The normalized spacial score (nSPS) is 15.8. The largest absolute Gasteiger partial charge is 0.496 e. The molecule has 0 spiro atoms. The monoisotopic (exact) mass is 428 g/mol. The average Bonchev–Trinajstić information content (AvgIpc) is 2.83. The molecule has 0 aromatic heterocycles. The van der Waals surface area contributed by atoms with E-state index in [1.165, 1.54) is 7.11 Å². The van der Waals surface area contributed by atoms with Crippen LogP contribution in [0.3, 0.4) is 0 Å². The zero-order valence-corrected chi connectivity index (χ0v) is 16.1. The Morgan fingerprint density at radius 2 is 2.12 bits per heavy atom. The van der Waals surface area contributed by atoms with E-state index in [2.05, 4.69) is 21.2 Å². The Kier molecular flexibility index (Phi) is 7.03. The highest BCUT2D eigenvalue weighted by Crippen LogP contribution is 2.33. The number of carbonyl (C=O) groups excluding carboxylic acids is 3. The maximum atomic E-state index is 12.4. The van der Waals surface area contributed by atoms with Crippen molar-refractivity contribution in [1.29, 1.82) is 0 Å². The molecule has 1 saturated heterocycles. The number of carbonyl (C=O) groups is 3. The van der Waals surface area contributed by atoms with E-state index in [4.69, 9.17) is 9.47 Å². The van der Waals surface area contributed by atoms with Crippen molar-refractivity contribution < 1.29 is 23.9 Å². The van der Waals surface area contributed by atoms with Crippen molar-refractivity contribution >= 4 is 50.8 Å². The van der Waals surface area contributed by atoms with Gasteiger partial charge in [-0.05, 0) is 51.5 Å². The first kappa shape index (κ1) is 19.5. The molecule has 0 radical (unpaired) electrons. The van der Waals surface area contributed by atoms with E-state index in [9.17, 15) is 14.4 Å². The van der Waals surface area contributed by atoms with E-state index < -0.39 is 17.1 Å². The second kappa shape index (κ2) is 9.02. The summed E-state index contributed by atoms with van der Waals surface area (Å²) in [5, 5.41) is 2.11. The van der Waals surface area contributed by atoms with E-state index in [0.29, 0.717) is 18.9 Å². The first-order chi connectivity index (χ1) is 12.0. The Morgan fingerprint density at radius 3 is 2.76 bits per heavy atom. The molecular formula is C16H17BrN2O5S. The minimum absolute atomic E-state index is 0.270. The quantitative estimate of drug-likeness (QED) is 0.529. The van der Waals surface area contributed by atoms with Crippen molar-refractivity contribution in [3.05, 3.63) is 33.1 Å². The summed E-state index contributed by atoms with van der Waals surface area (Å²) >= 11 is 4.18. The average molecular weight is 429 g/mol. The van der Waals surface area contributed by atoms with Gasteiger partial charge in [-0.15, -0.1) is 0 Å². The van der Waals surface area contributed by atoms with Crippen LogP contribution in [0.5, 0.6) is 5.75 Å². The van der Waals surface area contributed by atoms with Gasteiger partial charge < -0.3 is 14.8 Å². The van der Waals surface area contributed by atoms with Crippen molar-refractivity contribution in [3.63, 3.8) is 0 Å². The standard InChI is InChI=1S/C16H17BrN2O5S/c1-23-6-5-18-14(20)9-19-15(21)13(25-16(19)22)8-10-3-4-12(24-2)11(17)7-10/h3-4,7-8H,5-6,9H2,1-2H3,(H,18,20)/b13-8-. The molecule has 134 valence electrons. The van der Waals surface area contributed by atoms with Crippen LogP contribution < -0.4 is 10.1 Å². The highest BCUT2D eigenvalue weighted by atomic mass is 79.9. The number of thioether (sulfide) groups is 1. The molecule has 1 N–H and O–H groups in total. The summed E-state index contributed by atoms with van der Waals surface area (Å²) in [6, 6.07) is 5.31. The van der Waals surface area contributed by atoms with Crippen molar-refractivity contribution in [2.75, 3.05) is 33.9 Å². The summed E-state index contributed by atoms with van der Waals surface area (Å²) in [4.78, 5) is 37.4. The van der Waals surface area contributed by atoms with E-state index in [-0.39, 0.29) is 11.4 Å². The lowest BCUT2D eigenvalue weighted by atomic mass is 10.2. The first-order valence-electron chi connectivity index (χ1n) is 7.30. The van der Waals surface area contributed by atoms with Crippen LogP contribution in [-0.4, -0.2) is 55.9 Å². The number of benzene rings is 1. The number of nitrogens with one attached hydrogen (secondary N) is 1. The molecular weight excluding hydrogens is 412 g/mol. The highest BCUT2D eigenvalue weighted by molar-refractivity contribution is 9.10. The van der Waals surface area contributed by atoms with Crippen molar-refractivity contribution in [2.45, 2.75) is 0 Å². The number of rotatable bonds is 7. The summed E-state index contributed by atoms with van der Waals surface area (Å²) in [6.07, 6.45) is 1.61. The van der Waals surface area contributed by atoms with Crippen LogP contribution in [-0.2, 0) is 14.3 Å². The number of imide groups is 1. The van der Waals surface area contributed by atoms with Gasteiger partial charge in [0.15, 0.2) is 0 Å². The number of hydrogen-bond acceptors (Lipinski definition) is 6. The minimum atomic E-state index is -0.483. The Labute approximate surface area is 157 Å². The third-order valence-electron chi connectivity index (χ3n) is 3.28. The second-order valence-corrected chi connectivity index (χ2v) is 6.85. The number of hydrogen-bond donors (Lipinski definition) is 1. The van der Waals surface area contributed by atoms with Crippen LogP contribution in [0.25, 0.3) is 6.08 Å². The molecule has 1 fully saturated rings. The highest BCUT2D eigenvalue weighted by Gasteiger charge is 2.36. The molecule has 1 heterocycles. The summed E-state index contributed by atoms with van der Waals surface area (Å²) in [5.74, 6) is -0.227. The number of methoxy groups -OCH3 is 2. The Hall–Kier alpha value is -1.84. The Morgan fingerprint density at radius 1 is 1.36 bits per heavy atom. The third-order valence-corrected chi connectivity index (χ3v) is 4.80. The summed E-state index contributed by atoms with van der Waals surface area (Å²) in [6.45, 7) is 0.374. The lowest BCUT2D eigenvalue weighted by molar-refractivity contribution is -0.129. The predicted molar refractivity (Wildman–Crippen MR) is 98.3 cm³/mol. The molecule has 25 heavy (non-hydrogen) atoms. The lowest BCUT2D eigenvalue weighted by Crippen LogP contribution is -2.40. The summed E-state index contributed by atoms with van der Waals surface area (Å²) in [5.41, 5.74) is 0.739. The fourth-order valence-electron chi connectivity index (χ4n) is 2.05. The van der Waals surface area contributed by atoms with E-state index in [0.717, 1.165) is 26.7 Å². The van der Waals surface area contributed by atoms with E-state index in [1.54, 1.807) is 31.4 Å². The van der Waals surface area contributed by atoms with Gasteiger partial charge >= 0.3 is 0 Å². The molecule has 3 amide bonds. The molecule has 0 bridgehead atoms. The van der Waals surface area contributed by atoms with Crippen LogP contribution in [0, 0.1) is 0 Å². The van der Waals surface area contributed by atoms with Gasteiger partial charge in [0.2, 0.25) is 5.91 Å². The van der Waals surface area contributed by atoms with Crippen molar-refractivity contribution in [3.8, 4) is 5.75 Å². The van der Waals surface area contributed by atoms with Crippen molar-refractivity contribution in [1.82, 2.24) is 10.2 Å². The molecule has 1 aromatic carbocycles. The molecule has 1 aliphatic heterocycles. The van der Waals surface area contributed by atoms with Gasteiger partial charge in [0.05, 0.1) is 23.1 Å². The molecule has 0 saturated carbocycles. The first-order valence-corrected chi connectivity index (χ1v) is 8.91. The Balaban J connectivity index is 2.07. The van der Waals surface area contributed by atoms with Gasteiger partial charge in [0, 0.05) is 13.7 Å².